The first kappa shape index (κ1) is 8.56. The maximum Gasteiger partial charge on any atom is 0.148 e. The number of aryl methyl sites for hydroxylation is 1. The summed E-state index contributed by atoms with van der Waals surface area (Å²) in [5.41, 5.74) is 8.39. The second kappa shape index (κ2) is 3.03. The number of nitrogens with zero attached hydrogens (tertiary/aromatic N) is 3. The Hall–Kier alpha value is -1.03. The predicted octanol–water partition coefficient (Wildman–Crippen LogP) is 0.0327. The highest BCUT2D eigenvalue weighted by Gasteiger charge is 2.17. The molecule has 0 amide bonds. The standard InChI is InChI=1S/C9H16N4/c1-12-5-3-7-8(4-6-12)13(2)11-9(7)10/h3-6H2,1-2H3,(H2,10,11). The number of anilines is 1. The Bertz CT molecular complexity index is 287. The van der Waals surface area contributed by atoms with Crippen molar-refractivity contribution in [1.29, 1.82) is 0 Å². The molecule has 2 heterocycles. The molecule has 1 aromatic rings. The number of aromatic nitrogens is 2. The molecule has 0 bridgehead atoms. The molecule has 0 aromatic carbocycles. The molecule has 2 rings (SSSR count). The molecule has 0 unspecified atom stereocenters. The van der Waals surface area contributed by atoms with E-state index in [1.807, 2.05) is 11.7 Å². The van der Waals surface area contributed by atoms with Crippen LogP contribution in [-0.2, 0) is 19.9 Å². The van der Waals surface area contributed by atoms with E-state index in [1.165, 1.54) is 11.3 Å². The number of nitrogen functional groups attached to an aromatic ring is 1. The normalized spacial score (nSPS) is 18.3. The van der Waals surface area contributed by atoms with Crippen molar-refractivity contribution >= 4 is 5.82 Å². The highest BCUT2D eigenvalue weighted by molar-refractivity contribution is 5.43. The van der Waals surface area contributed by atoms with Crippen LogP contribution in [0, 0.1) is 0 Å². The topological polar surface area (TPSA) is 47.1 Å². The lowest BCUT2D eigenvalue weighted by Crippen LogP contribution is -2.21. The largest absolute Gasteiger partial charge is 0.382 e. The van der Waals surface area contributed by atoms with Gasteiger partial charge >= 0.3 is 0 Å². The van der Waals surface area contributed by atoms with Crippen molar-refractivity contribution < 1.29 is 0 Å². The second-order valence-electron chi connectivity index (χ2n) is 3.74. The summed E-state index contributed by atoms with van der Waals surface area (Å²) in [5.74, 6) is 0.716. The van der Waals surface area contributed by atoms with E-state index in [0.717, 1.165) is 25.9 Å². The van der Waals surface area contributed by atoms with Crippen LogP contribution in [0.5, 0.6) is 0 Å². The zero-order chi connectivity index (χ0) is 9.42. The number of nitrogens with two attached hydrogens (primary N) is 1. The van der Waals surface area contributed by atoms with Crippen LogP contribution in [0.2, 0.25) is 0 Å². The van der Waals surface area contributed by atoms with Gasteiger partial charge in [0.1, 0.15) is 5.82 Å². The minimum absolute atomic E-state index is 0.716. The fourth-order valence-corrected chi connectivity index (χ4v) is 1.92. The molecule has 13 heavy (non-hydrogen) atoms. The highest BCUT2D eigenvalue weighted by atomic mass is 15.3. The molecule has 0 saturated heterocycles. The molecule has 1 aliphatic rings. The zero-order valence-corrected chi connectivity index (χ0v) is 8.25. The Morgan fingerprint density at radius 3 is 2.69 bits per heavy atom. The fourth-order valence-electron chi connectivity index (χ4n) is 1.92. The van der Waals surface area contributed by atoms with Crippen molar-refractivity contribution in [2.24, 2.45) is 7.05 Å². The second-order valence-corrected chi connectivity index (χ2v) is 3.74. The van der Waals surface area contributed by atoms with Crippen LogP contribution >= 0.6 is 0 Å². The Morgan fingerprint density at radius 1 is 1.23 bits per heavy atom. The van der Waals surface area contributed by atoms with Gasteiger partial charge < -0.3 is 10.6 Å². The zero-order valence-electron chi connectivity index (χ0n) is 8.25. The average molecular weight is 180 g/mol. The van der Waals surface area contributed by atoms with Crippen molar-refractivity contribution in [1.82, 2.24) is 14.7 Å². The number of fused-ring (bicyclic) bond motifs is 1. The summed E-state index contributed by atoms with van der Waals surface area (Å²) in [4.78, 5) is 2.33. The van der Waals surface area contributed by atoms with Crippen LogP contribution in [0.15, 0.2) is 0 Å². The van der Waals surface area contributed by atoms with Crippen LogP contribution in [0.25, 0.3) is 0 Å². The maximum absolute atomic E-state index is 5.83. The van der Waals surface area contributed by atoms with E-state index in [0.29, 0.717) is 5.82 Å². The first-order chi connectivity index (χ1) is 6.18. The van der Waals surface area contributed by atoms with Crippen LogP contribution < -0.4 is 5.73 Å². The minimum atomic E-state index is 0.716. The molecule has 0 aliphatic carbocycles. The Morgan fingerprint density at radius 2 is 1.92 bits per heavy atom. The highest BCUT2D eigenvalue weighted by Crippen LogP contribution is 2.19. The number of rotatable bonds is 0. The third-order valence-corrected chi connectivity index (χ3v) is 2.78. The Balaban J connectivity index is 2.36. The van der Waals surface area contributed by atoms with E-state index in [2.05, 4.69) is 17.0 Å². The van der Waals surface area contributed by atoms with E-state index in [4.69, 9.17) is 5.73 Å². The SMILES string of the molecule is CN1CCc2c(N)nn(C)c2CC1. The summed E-state index contributed by atoms with van der Waals surface area (Å²) in [7, 11) is 4.12. The van der Waals surface area contributed by atoms with Crippen molar-refractivity contribution in [3.8, 4) is 0 Å². The minimum Gasteiger partial charge on any atom is -0.382 e. The molecular weight excluding hydrogens is 164 g/mol. The van der Waals surface area contributed by atoms with Crippen LogP contribution in [0.1, 0.15) is 11.3 Å². The molecule has 0 fully saturated rings. The first-order valence-corrected chi connectivity index (χ1v) is 4.67. The maximum atomic E-state index is 5.83. The van der Waals surface area contributed by atoms with Crippen LogP contribution in [0.4, 0.5) is 5.82 Å². The lowest BCUT2D eigenvalue weighted by molar-refractivity contribution is 0.350. The molecule has 4 nitrogen and oxygen atoms in total. The van der Waals surface area contributed by atoms with Crippen molar-refractivity contribution in [3.05, 3.63) is 11.3 Å². The number of hydrogen-bond donors (Lipinski definition) is 1. The molecule has 4 heteroatoms. The van der Waals surface area contributed by atoms with Gasteiger partial charge in [0.25, 0.3) is 0 Å². The summed E-state index contributed by atoms with van der Waals surface area (Å²) in [6.45, 7) is 2.19. The fraction of sp³-hybridized carbons (Fsp3) is 0.667. The summed E-state index contributed by atoms with van der Waals surface area (Å²) < 4.78 is 1.92. The number of hydrogen-bond acceptors (Lipinski definition) is 3. The Kier molecular flexibility index (Phi) is 2.00. The molecule has 0 atom stereocenters. The van der Waals surface area contributed by atoms with Crippen LogP contribution in [-0.4, -0.2) is 34.8 Å². The van der Waals surface area contributed by atoms with Crippen molar-refractivity contribution in [3.63, 3.8) is 0 Å². The van der Waals surface area contributed by atoms with Gasteiger partial charge in [-0.15, -0.1) is 0 Å². The molecule has 1 aliphatic heterocycles. The van der Waals surface area contributed by atoms with Gasteiger partial charge in [0.15, 0.2) is 0 Å². The summed E-state index contributed by atoms with van der Waals surface area (Å²) >= 11 is 0. The summed E-state index contributed by atoms with van der Waals surface area (Å²) in [6.07, 6.45) is 2.10. The van der Waals surface area contributed by atoms with E-state index in [-0.39, 0.29) is 0 Å². The van der Waals surface area contributed by atoms with Gasteiger partial charge in [0.05, 0.1) is 0 Å². The van der Waals surface area contributed by atoms with Gasteiger partial charge in [-0.2, -0.15) is 5.10 Å². The van der Waals surface area contributed by atoms with Gasteiger partial charge in [-0.3, -0.25) is 4.68 Å². The summed E-state index contributed by atoms with van der Waals surface area (Å²) in [5, 5.41) is 4.24. The van der Waals surface area contributed by atoms with Gasteiger partial charge in [0.2, 0.25) is 0 Å². The molecule has 2 N–H and O–H groups in total. The summed E-state index contributed by atoms with van der Waals surface area (Å²) in [6, 6.07) is 0. The molecule has 0 spiro atoms. The van der Waals surface area contributed by atoms with E-state index in [9.17, 15) is 0 Å². The Labute approximate surface area is 78.3 Å². The van der Waals surface area contributed by atoms with E-state index in [1.54, 1.807) is 0 Å². The van der Waals surface area contributed by atoms with Gasteiger partial charge in [0, 0.05) is 37.8 Å². The molecular formula is C9H16N4. The first-order valence-electron chi connectivity index (χ1n) is 4.67. The third kappa shape index (κ3) is 1.42. The lowest BCUT2D eigenvalue weighted by atomic mass is 10.1. The number of likely N-dealkylation sites (N-methyl/N-ethyl adjacent to an activating group) is 1. The van der Waals surface area contributed by atoms with Gasteiger partial charge in [-0.05, 0) is 13.5 Å². The molecule has 0 radical (unpaired) electrons. The van der Waals surface area contributed by atoms with Crippen molar-refractivity contribution in [2.75, 3.05) is 25.9 Å². The lowest BCUT2D eigenvalue weighted by Gasteiger charge is -2.11. The smallest absolute Gasteiger partial charge is 0.148 e. The monoisotopic (exact) mass is 180 g/mol. The van der Waals surface area contributed by atoms with E-state index < -0.39 is 0 Å². The molecule has 72 valence electrons. The van der Waals surface area contributed by atoms with Gasteiger partial charge in [-0.25, -0.2) is 0 Å². The molecule has 1 aromatic heterocycles. The molecule has 0 saturated carbocycles. The van der Waals surface area contributed by atoms with Crippen LogP contribution in [0.3, 0.4) is 0 Å². The average Bonchev–Trinajstić information content (AvgIpc) is 2.27. The van der Waals surface area contributed by atoms with Gasteiger partial charge in [-0.1, -0.05) is 0 Å². The van der Waals surface area contributed by atoms with Crippen molar-refractivity contribution in [2.45, 2.75) is 12.8 Å². The predicted molar refractivity (Wildman–Crippen MR) is 52.5 cm³/mol. The van der Waals surface area contributed by atoms with E-state index >= 15 is 0 Å². The third-order valence-electron chi connectivity index (χ3n) is 2.78. The quantitative estimate of drug-likeness (QED) is 0.613.